The molecule has 1 aliphatic heterocycles. The van der Waals surface area contributed by atoms with E-state index < -0.39 is 0 Å². The van der Waals surface area contributed by atoms with E-state index in [9.17, 15) is 4.79 Å². The van der Waals surface area contributed by atoms with E-state index in [4.69, 9.17) is 11.6 Å². The van der Waals surface area contributed by atoms with Gasteiger partial charge in [0.2, 0.25) is 0 Å². The molecule has 0 saturated carbocycles. The minimum Gasteiger partial charge on any atom is -0.349 e. The van der Waals surface area contributed by atoms with Crippen LogP contribution in [0.3, 0.4) is 0 Å². The van der Waals surface area contributed by atoms with Crippen LogP contribution in [0.5, 0.6) is 0 Å². The van der Waals surface area contributed by atoms with Gasteiger partial charge in [-0.1, -0.05) is 34.5 Å². The summed E-state index contributed by atoms with van der Waals surface area (Å²) in [6.45, 7) is 5.37. The zero-order chi connectivity index (χ0) is 13.8. The van der Waals surface area contributed by atoms with Gasteiger partial charge in [-0.2, -0.15) is 0 Å². The van der Waals surface area contributed by atoms with Crippen LogP contribution in [0.25, 0.3) is 0 Å². The van der Waals surface area contributed by atoms with Gasteiger partial charge in [-0.3, -0.25) is 4.79 Å². The maximum Gasteiger partial charge on any atom is 0.251 e. The number of piperidine rings is 1. The minimum atomic E-state index is -0.0434. The fourth-order valence-electron chi connectivity index (χ4n) is 2.35. The van der Waals surface area contributed by atoms with Crippen LogP contribution >= 0.6 is 27.5 Å². The monoisotopic (exact) mass is 344 g/mol. The molecule has 2 rings (SSSR count). The van der Waals surface area contributed by atoms with Gasteiger partial charge in [0.05, 0.1) is 0 Å². The highest BCUT2D eigenvalue weighted by Crippen LogP contribution is 2.20. The Bertz CT molecular complexity index is 439. The number of amides is 1. The Morgan fingerprint density at radius 2 is 2.11 bits per heavy atom. The Labute approximate surface area is 127 Å². The van der Waals surface area contributed by atoms with Gasteiger partial charge >= 0.3 is 0 Å². The fourth-order valence-corrected chi connectivity index (χ4v) is 3.21. The topological polar surface area (TPSA) is 32.3 Å². The largest absolute Gasteiger partial charge is 0.349 e. The summed E-state index contributed by atoms with van der Waals surface area (Å²) in [6.07, 6.45) is 2.03. The lowest BCUT2D eigenvalue weighted by Crippen LogP contribution is -2.44. The van der Waals surface area contributed by atoms with Crippen LogP contribution in [0.1, 0.15) is 30.1 Å². The normalized spacial score (nSPS) is 17.4. The van der Waals surface area contributed by atoms with Crippen LogP contribution < -0.4 is 5.32 Å². The lowest BCUT2D eigenvalue weighted by Gasteiger charge is -2.31. The van der Waals surface area contributed by atoms with Crippen LogP contribution in [0, 0.1) is 0 Å². The van der Waals surface area contributed by atoms with Crippen LogP contribution in [-0.2, 0) is 0 Å². The summed E-state index contributed by atoms with van der Waals surface area (Å²) in [7, 11) is 0. The standard InChI is InChI=1S/C14H18BrClN2O/c1-2-18-5-3-13(4-6-18)17-14(19)10-7-11(15)9-12(16)8-10/h7-9,13H,2-6H2,1H3,(H,17,19). The summed E-state index contributed by atoms with van der Waals surface area (Å²) in [4.78, 5) is 14.6. The highest BCUT2D eigenvalue weighted by molar-refractivity contribution is 9.10. The molecule has 0 radical (unpaired) electrons. The van der Waals surface area contributed by atoms with E-state index in [1.165, 1.54) is 0 Å². The molecule has 19 heavy (non-hydrogen) atoms. The average Bonchev–Trinajstić information content (AvgIpc) is 2.38. The van der Waals surface area contributed by atoms with Gasteiger partial charge < -0.3 is 10.2 Å². The van der Waals surface area contributed by atoms with E-state index in [0.29, 0.717) is 10.6 Å². The van der Waals surface area contributed by atoms with Gasteiger partial charge in [0.15, 0.2) is 0 Å². The lowest BCUT2D eigenvalue weighted by molar-refractivity contribution is 0.0912. The van der Waals surface area contributed by atoms with Crippen molar-refractivity contribution in [3.05, 3.63) is 33.3 Å². The Morgan fingerprint density at radius 3 is 2.68 bits per heavy atom. The smallest absolute Gasteiger partial charge is 0.251 e. The minimum absolute atomic E-state index is 0.0434. The number of hydrogen-bond acceptors (Lipinski definition) is 2. The summed E-state index contributed by atoms with van der Waals surface area (Å²) in [5.74, 6) is -0.0434. The third kappa shape index (κ3) is 4.20. The molecule has 1 saturated heterocycles. The number of likely N-dealkylation sites (tertiary alicyclic amines) is 1. The van der Waals surface area contributed by atoms with Crippen molar-refractivity contribution < 1.29 is 4.79 Å². The molecule has 0 atom stereocenters. The Hall–Kier alpha value is -0.580. The van der Waals surface area contributed by atoms with E-state index >= 15 is 0 Å². The molecule has 1 aliphatic rings. The van der Waals surface area contributed by atoms with E-state index in [1.54, 1.807) is 18.2 Å². The molecule has 1 fully saturated rings. The second-order valence-electron chi connectivity index (χ2n) is 4.84. The molecule has 0 unspecified atom stereocenters. The number of carbonyl (C=O) groups excluding carboxylic acids is 1. The second-order valence-corrected chi connectivity index (χ2v) is 6.19. The highest BCUT2D eigenvalue weighted by Gasteiger charge is 2.20. The molecule has 1 aromatic rings. The van der Waals surface area contributed by atoms with Crippen molar-refractivity contribution in [2.24, 2.45) is 0 Å². The van der Waals surface area contributed by atoms with E-state index in [1.807, 2.05) is 0 Å². The van der Waals surface area contributed by atoms with Gasteiger partial charge in [0, 0.05) is 34.2 Å². The molecule has 1 N–H and O–H groups in total. The highest BCUT2D eigenvalue weighted by atomic mass is 79.9. The Morgan fingerprint density at radius 1 is 1.42 bits per heavy atom. The number of hydrogen-bond donors (Lipinski definition) is 1. The molecule has 1 aromatic carbocycles. The van der Waals surface area contributed by atoms with Crippen LogP contribution in [0.4, 0.5) is 0 Å². The van der Waals surface area contributed by atoms with Gasteiger partial charge in [-0.15, -0.1) is 0 Å². The second kappa shape index (κ2) is 6.73. The molecule has 0 aromatic heterocycles. The number of nitrogens with one attached hydrogen (secondary N) is 1. The van der Waals surface area contributed by atoms with Crippen molar-refractivity contribution in [2.75, 3.05) is 19.6 Å². The molecule has 1 heterocycles. The molecule has 3 nitrogen and oxygen atoms in total. The third-order valence-electron chi connectivity index (χ3n) is 3.49. The Balaban J connectivity index is 1.94. The molecule has 0 bridgehead atoms. The van der Waals surface area contributed by atoms with Crippen molar-refractivity contribution in [3.63, 3.8) is 0 Å². The maximum absolute atomic E-state index is 12.2. The SMILES string of the molecule is CCN1CCC(NC(=O)c2cc(Cl)cc(Br)c2)CC1. The van der Waals surface area contributed by atoms with Crippen molar-refractivity contribution in [3.8, 4) is 0 Å². The summed E-state index contributed by atoms with van der Waals surface area (Å²) in [6, 6.07) is 5.54. The lowest BCUT2D eigenvalue weighted by atomic mass is 10.0. The number of nitrogens with zero attached hydrogens (tertiary/aromatic N) is 1. The average molecular weight is 346 g/mol. The van der Waals surface area contributed by atoms with E-state index in [0.717, 1.165) is 36.9 Å². The van der Waals surface area contributed by atoms with Crippen molar-refractivity contribution in [1.29, 1.82) is 0 Å². The van der Waals surface area contributed by atoms with Gasteiger partial charge in [0.25, 0.3) is 5.91 Å². The molecule has 5 heteroatoms. The number of rotatable bonds is 3. The molecule has 0 aliphatic carbocycles. The van der Waals surface area contributed by atoms with Gasteiger partial charge in [-0.25, -0.2) is 0 Å². The third-order valence-corrected chi connectivity index (χ3v) is 4.17. The summed E-state index contributed by atoms with van der Waals surface area (Å²) in [5.41, 5.74) is 0.609. The molecule has 104 valence electrons. The van der Waals surface area contributed by atoms with Gasteiger partial charge in [-0.05, 0) is 37.6 Å². The predicted molar refractivity (Wildman–Crippen MR) is 81.8 cm³/mol. The summed E-state index contributed by atoms with van der Waals surface area (Å²) < 4.78 is 0.825. The zero-order valence-electron chi connectivity index (χ0n) is 11.0. The molecule has 1 amide bonds. The van der Waals surface area contributed by atoms with Crippen LogP contribution in [0.2, 0.25) is 5.02 Å². The number of halogens is 2. The molecular formula is C14H18BrClN2O. The number of benzene rings is 1. The Kier molecular flexibility index (Phi) is 5.25. The first kappa shape index (κ1) is 14.8. The molecule has 0 spiro atoms. The quantitative estimate of drug-likeness (QED) is 0.911. The van der Waals surface area contributed by atoms with E-state index in [2.05, 4.69) is 33.1 Å². The van der Waals surface area contributed by atoms with Crippen molar-refractivity contribution in [1.82, 2.24) is 10.2 Å². The van der Waals surface area contributed by atoms with Crippen LogP contribution in [-0.4, -0.2) is 36.5 Å². The first-order chi connectivity index (χ1) is 9.08. The number of carbonyl (C=O) groups is 1. The van der Waals surface area contributed by atoms with Crippen molar-refractivity contribution >= 4 is 33.4 Å². The van der Waals surface area contributed by atoms with E-state index in [-0.39, 0.29) is 11.9 Å². The first-order valence-corrected chi connectivity index (χ1v) is 7.75. The van der Waals surface area contributed by atoms with Crippen LogP contribution in [0.15, 0.2) is 22.7 Å². The summed E-state index contributed by atoms with van der Waals surface area (Å²) in [5, 5.41) is 3.66. The molecular weight excluding hydrogens is 328 g/mol. The first-order valence-electron chi connectivity index (χ1n) is 6.58. The van der Waals surface area contributed by atoms with Crippen molar-refractivity contribution in [2.45, 2.75) is 25.8 Å². The summed E-state index contributed by atoms with van der Waals surface area (Å²) >= 11 is 9.31. The van der Waals surface area contributed by atoms with Gasteiger partial charge in [0.1, 0.15) is 0 Å². The maximum atomic E-state index is 12.2. The zero-order valence-corrected chi connectivity index (χ0v) is 13.3. The fraction of sp³-hybridized carbons (Fsp3) is 0.500. The predicted octanol–water partition coefficient (Wildman–Crippen LogP) is 3.32.